The van der Waals surface area contributed by atoms with Gasteiger partial charge >= 0.3 is 6.18 Å². The molecule has 0 N–H and O–H groups in total. The molecule has 1 rings (SSSR count). The van der Waals surface area contributed by atoms with E-state index in [1.54, 1.807) is 0 Å². The van der Waals surface area contributed by atoms with Gasteiger partial charge in [-0.25, -0.2) is 4.39 Å². The molecule has 5 heteroatoms. The minimum atomic E-state index is -4.84. The number of aldehydes is 1. The molecule has 0 aromatic carbocycles. The van der Waals surface area contributed by atoms with Gasteiger partial charge in [0.1, 0.15) is 6.29 Å². The van der Waals surface area contributed by atoms with E-state index in [9.17, 15) is 22.4 Å². The van der Waals surface area contributed by atoms with Crippen LogP contribution in [0.1, 0.15) is 25.7 Å². The zero-order valence-corrected chi connectivity index (χ0v) is 6.90. The van der Waals surface area contributed by atoms with Gasteiger partial charge in [0.25, 0.3) is 0 Å². The normalized spacial score (nSPS) is 35.8. The van der Waals surface area contributed by atoms with E-state index in [1.807, 2.05) is 0 Å². The first kappa shape index (κ1) is 10.5. The summed E-state index contributed by atoms with van der Waals surface area (Å²) < 4.78 is 49.7. The van der Waals surface area contributed by atoms with Crippen LogP contribution < -0.4 is 0 Å². The fourth-order valence-electron chi connectivity index (χ4n) is 1.64. The second-order valence-corrected chi connectivity index (χ2v) is 3.46. The Labute approximate surface area is 73.1 Å². The summed E-state index contributed by atoms with van der Waals surface area (Å²) in [6, 6.07) is 0. The predicted octanol–water partition coefficient (Wildman–Crippen LogP) is 2.65. The number of hydrogen-bond acceptors (Lipinski definition) is 1. The topological polar surface area (TPSA) is 17.1 Å². The maximum Gasteiger partial charge on any atom is 0.422 e. The minimum Gasteiger partial charge on any atom is -0.303 e. The average molecular weight is 198 g/mol. The molecule has 2 unspecified atom stereocenters. The minimum absolute atomic E-state index is 0.124. The SMILES string of the molecule is O=CC1CCCC(F)(C(F)(F)F)C1. The number of alkyl halides is 4. The van der Waals surface area contributed by atoms with Crippen LogP contribution in [0.15, 0.2) is 0 Å². The molecule has 1 aliphatic carbocycles. The summed E-state index contributed by atoms with van der Waals surface area (Å²) in [4.78, 5) is 10.2. The second kappa shape index (κ2) is 3.27. The van der Waals surface area contributed by atoms with Crippen molar-refractivity contribution in [3.05, 3.63) is 0 Å². The molecule has 0 amide bonds. The quantitative estimate of drug-likeness (QED) is 0.467. The summed E-state index contributed by atoms with van der Waals surface area (Å²) in [5.74, 6) is -0.777. The van der Waals surface area contributed by atoms with Crippen LogP contribution in [0.5, 0.6) is 0 Å². The molecular weight excluding hydrogens is 188 g/mol. The maximum absolute atomic E-state index is 13.2. The number of carbonyl (C=O) groups is 1. The number of hydrogen-bond donors (Lipinski definition) is 0. The van der Waals surface area contributed by atoms with E-state index >= 15 is 0 Å². The molecular formula is C8H10F4O. The molecule has 1 nitrogen and oxygen atoms in total. The van der Waals surface area contributed by atoms with Crippen molar-refractivity contribution in [2.45, 2.75) is 37.5 Å². The van der Waals surface area contributed by atoms with Crippen molar-refractivity contribution >= 4 is 6.29 Å². The van der Waals surface area contributed by atoms with Gasteiger partial charge in [-0.2, -0.15) is 13.2 Å². The van der Waals surface area contributed by atoms with Gasteiger partial charge < -0.3 is 4.79 Å². The highest BCUT2D eigenvalue weighted by molar-refractivity contribution is 5.54. The van der Waals surface area contributed by atoms with Gasteiger partial charge in [-0.05, 0) is 25.7 Å². The van der Waals surface area contributed by atoms with Crippen LogP contribution in [0.25, 0.3) is 0 Å². The lowest BCUT2D eigenvalue weighted by atomic mass is 9.79. The van der Waals surface area contributed by atoms with Gasteiger partial charge in [0.15, 0.2) is 0 Å². The summed E-state index contributed by atoms with van der Waals surface area (Å²) in [5, 5.41) is 0. The Bertz CT molecular complexity index is 201. The molecule has 0 aromatic rings. The third kappa shape index (κ3) is 2.00. The third-order valence-corrected chi connectivity index (χ3v) is 2.43. The molecule has 0 aliphatic heterocycles. The molecule has 13 heavy (non-hydrogen) atoms. The molecule has 0 aromatic heterocycles. The summed E-state index contributed by atoms with van der Waals surface area (Å²) in [7, 11) is 0. The third-order valence-electron chi connectivity index (χ3n) is 2.43. The molecule has 0 bridgehead atoms. The van der Waals surface area contributed by atoms with Crippen LogP contribution in [0.4, 0.5) is 17.6 Å². The van der Waals surface area contributed by atoms with E-state index in [-0.39, 0.29) is 6.42 Å². The first-order valence-electron chi connectivity index (χ1n) is 4.10. The molecule has 1 fully saturated rings. The van der Waals surface area contributed by atoms with Gasteiger partial charge in [0.2, 0.25) is 5.67 Å². The highest BCUT2D eigenvalue weighted by atomic mass is 19.4. The number of rotatable bonds is 1. The van der Waals surface area contributed by atoms with Crippen LogP contribution in [0.3, 0.4) is 0 Å². The Morgan fingerprint density at radius 3 is 2.46 bits per heavy atom. The highest BCUT2D eigenvalue weighted by Gasteiger charge is 2.57. The van der Waals surface area contributed by atoms with Gasteiger partial charge in [-0.3, -0.25) is 0 Å². The van der Waals surface area contributed by atoms with E-state index in [0.29, 0.717) is 12.7 Å². The van der Waals surface area contributed by atoms with Crippen molar-refractivity contribution in [2.75, 3.05) is 0 Å². The van der Waals surface area contributed by atoms with Crippen LogP contribution in [-0.4, -0.2) is 18.1 Å². The highest BCUT2D eigenvalue weighted by Crippen LogP contribution is 2.45. The summed E-state index contributed by atoms with van der Waals surface area (Å²) in [6.45, 7) is 0. The van der Waals surface area contributed by atoms with E-state index in [4.69, 9.17) is 0 Å². The largest absolute Gasteiger partial charge is 0.422 e. The predicted molar refractivity (Wildman–Crippen MR) is 37.9 cm³/mol. The zero-order valence-electron chi connectivity index (χ0n) is 6.90. The molecule has 0 heterocycles. The van der Waals surface area contributed by atoms with Gasteiger partial charge in [0.05, 0.1) is 0 Å². The van der Waals surface area contributed by atoms with Crippen LogP contribution in [0, 0.1) is 5.92 Å². The Kier molecular flexibility index (Phi) is 2.63. The summed E-state index contributed by atoms with van der Waals surface area (Å²) >= 11 is 0. The van der Waals surface area contributed by atoms with E-state index < -0.39 is 30.6 Å². The van der Waals surface area contributed by atoms with Crippen LogP contribution >= 0.6 is 0 Å². The second-order valence-electron chi connectivity index (χ2n) is 3.46. The zero-order chi connectivity index (χ0) is 10.1. The van der Waals surface area contributed by atoms with E-state index in [0.717, 1.165) is 0 Å². The van der Waals surface area contributed by atoms with Gasteiger partial charge in [-0.1, -0.05) is 0 Å². The monoisotopic (exact) mass is 198 g/mol. The lowest BCUT2D eigenvalue weighted by Gasteiger charge is -2.33. The number of halogens is 4. The molecule has 76 valence electrons. The molecule has 1 aliphatic rings. The molecule has 0 saturated heterocycles. The summed E-state index contributed by atoms with van der Waals surface area (Å²) in [6.07, 6.45) is -5.15. The van der Waals surface area contributed by atoms with Gasteiger partial charge in [-0.15, -0.1) is 0 Å². The van der Waals surface area contributed by atoms with Crippen molar-refractivity contribution in [1.82, 2.24) is 0 Å². The lowest BCUT2D eigenvalue weighted by molar-refractivity contribution is -0.242. The first-order chi connectivity index (χ1) is 5.89. The molecule has 0 radical (unpaired) electrons. The molecule has 1 saturated carbocycles. The Balaban J connectivity index is 2.73. The van der Waals surface area contributed by atoms with Gasteiger partial charge in [0, 0.05) is 5.92 Å². The average Bonchev–Trinajstić information content (AvgIpc) is 2.02. The fraction of sp³-hybridized carbons (Fsp3) is 0.875. The van der Waals surface area contributed by atoms with Crippen molar-refractivity contribution in [3.63, 3.8) is 0 Å². The molecule has 0 spiro atoms. The Hall–Kier alpha value is -0.610. The maximum atomic E-state index is 13.2. The van der Waals surface area contributed by atoms with E-state index in [2.05, 4.69) is 0 Å². The van der Waals surface area contributed by atoms with E-state index in [1.165, 1.54) is 0 Å². The lowest BCUT2D eigenvalue weighted by Crippen LogP contribution is -2.45. The first-order valence-corrected chi connectivity index (χ1v) is 4.10. The van der Waals surface area contributed by atoms with Crippen molar-refractivity contribution in [2.24, 2.45) is 5.92 Å². The number of carbonyl (C=O) groups excluding carboxylic acids is 1. The smallest absolute Gasteiger partial charge is 0.303 e. The fourth-order valence-corrected chi connectivity index (χ4v) is 1.64. The van der Waals surface area contributed by atoms with Crippen molar-refractivity contribution in [3.8, 4) is 0 Å². The molecule has 2 atom stereocenters. The Morgan fingerprint density at radius 2 is 2.00 bits per heavy atom. The van der Waals surface area contributed by atoms with Crippen LogP contribution in [0.2, 0.25) is 0 Å². The summed E-state index contributed by atoms with van der Waals surface area (Å²) in [5.41, 5.74) is -3.14. The Morgan fingerprint density at radius 1 is 1.38 bits per heavy atom. The van der Waals surface area contributed by atoms with Crippen molar-refractivity contribution < 1.29 is 22.4 Å². The van der Waals surface area contributed by atoms with Crippen LogP contribution in [-0.2, 0) is 4.79 Å². The van der Waals surface area contributed by atoms with Crippen molar-refractivity contribution in [1.29, 1.82) is 0 Å². The standard InChI is InChI=1S/C8H10F4O/c9-7(8(10,11)12)3-1-2-6(4-7)5-13/h5-6H,1-4H2.